The number of nitrogens with one attached hydrogen (secondary N) is 2. The molecule has 0 aliphatic carbocycles. The van der Waals surface area contributed by atoms with Crippen molar-refractivity contribution in [3.63, 3.8) is 0 Å². The highest BCUT2D eigenvalue weighted by atomic mass is 127. The number of aromatic nitrogens is 2. The highest BCUT2D eigenvalue weighted by Crippen LogP contribution is 2.12. The molecule has 1 saturated heterocycles. The molecule has 9 heteroatoms. The van der Waals surface area contributed by atoms with E-state index < -0.39 is 0 Å². The first-order valence-corrected chi connectivity index (χ1v) is 9.94. The van der Waals surface area contributed by atoms with Crippen LogP contribution >= 0.6 is 24.0 Å². The second kappa shape index (κ2) is 11.7. The number of nitrogens with zero attached hydrogens (tertiary/aromatic N) is 5. The number of benzene rings is 1. The summed E-state index contributed by atoms with van der Waals surface area (Å²) < 4.78 is 0. The van der Waals surface area contributed by atoms with Gasteiger partial charge in [-0.15, -0.1) is 24.0 Å². The molecule has 1 amide bonds. The van der Waals surface area contributed by atoms with E-state index in [1.165, 1.54) is 0 Å². The Kier molecular flexibility index (Phi) is 9.28. The number of carbonyl (C=O) groups excluding carboxylic acids is 1. The zero-order valence-corrected chi connectivity index (χ0v) is 20.0. The lowest BCUT2D eigenvalue weighted by atomic mass is 10.1. The molecular weight excluding hydrogens is 493 g/mol. The van der Waals surface area contributed by atoms with Crippen LogP contribution in [0.2, 0.25) is 0 Å². The molecule has 1 fully saturated rings. The monoisotopic (exact) mass is 523 g/mol. The standard InChI is InChI=1S/C21H29N7O.HI/c1-16(2)19(29)26-18-7-5-17(6-8-18)15-25-20(22-3)27-11-13-28(14-12-27)21-23-9-4-10-24-21;/h4-10,16H,11-15H2,1-3H3,(H,22,25)(H,26,29);1H. The molecule has 0 atom stereocenters. The fourth-order valence-corrected chi connectivity index (χ4v) is 3.08. The third kappa shape index (κ3) is 6.54. The van der Waals surface area contributed by atoms with Gasteiger partial charge in [-0.05, 0) is 23.8 Å². The third-order valence-corrected chi connectivity index (χ3v) is 4.82. The van der Waals surface area contributed by atoms with Crippen molar-refractivity contribution < 1.29 is 4.79 Å². The van der Waals surface area contributed by atoms with Crippen LogP contribution in [0, 0.1) is 5.92 Å². The lowest BCUT2D eigenvalue weighted by Crippen LogP contribution is -2.52. The number of piperazine rings is 1. The van der Waals surface area contributed by atoms with Crippen LogP contribution in [0.4, 0.5) is 11.6 Å². The molecule has 8 nitrogen and oxygen atoms in total. The van der Waals surface area contributed by atoms with Crippen LogP contribution in [-0.4, -0.2) is 60.0 Å². The first-order chi connectivity index (χ1) is 14.1. The van der Waals surface area contributed by atoms with Gasteiger partial charge in [0.15, 0.2) is 5.96 Å². The van der Waals surface area contributed by atoms with Crippen molar-refractivity contribution in [2.45, 2.75) is 20.4 Å². The van der Waals surface area contributed by atoms with E-state index in [4.69, 9.17) is 0 Å². The van der Waals surface area contributed by atoms with Gasteiger partial charge in [0.2, 0.25) is 11.9 Å². The van der Waals surface area contributed by atoms with Gasteiger partial charge in [0.25, 0.3) is 0 Å². The topological polar surface area (TPSA) is 85.8 Å². The van der Waals surface area contributed by atoms with E-state index in [9.17, 15) is 4.79 Å². The van der Waals surface area contributed by atoms with Gasteiger partial charge in [-0.25, -0.2) is 9.97 Å². The Balaban J connectivity index is 0.00000320. The maximum absolute atomic E-state index is 11.8. The normalized spacial score (nSPS) is 14.3. The summed E-state index contributed by atoms with van der Waals surface area (Å²) >= 11 is 0. The van der Waals surface area contributed by atoms with Crippen LogP contribution in [0.3, 0.4) is 0 Å². The molecule has 2 heterocycles. The number of rotatable bonds is 5. The Morgan fingerprint density at radius 2 is 1.73 bits per heavy atom. The summed E-state index contributed by atoms with van der Waals surface area (Å²) in [7, 11) is 1.81. The number of guanidine groups is 1. The van der Waals surface area contributed by atoms with E-state index in [0.29, 0.717) is 6.54 Å². The zero-order chi connectivity index (χ0) is 20.6. The van der Waals surface area contributed by atoms with Gasteiger partial charge in [-0.3, -0.25) is 9.79 Å². The highest BCUT2D eigenvalue weighted by Gasteiger charge is 2.21. The van der Waals surface area contributed by atoms with Gasteiger partial charge in [-0.2, -0.15) is 0 Å². The average molecular weight is 523 g/mol. The van der Waals surface area contributed by atoms with Crippen LogP contribution in [0.15, 0.2) is 47.7 Å². The van der Waals surface area contributed by atoms with E-state index in [-0.39, 0.29) is 35.8 Å². The van der Waals surface area contributed by atoms with Crippen molar-refractivity contribution in [1.82, 2.24) is 20.2 Å². The molecule has 0 unspecified atom stereocenters. The number of amides is 1. The molecule has 1 aromatic heterocycles. The smallest absolute Gasteiger partial charge is 0.226 e. The van der Waals surface area contributed by atoms with E-state index in [1.807, 2.05) is 44.2 Å². The zero-order valence-electron chi connectivity index (χ0n) is 17.7. The number of aliphatic imine (C=N–C) groups is 1. The number of hydrogen-bond donors (Lipinski definition) is 2. The lowest BCUT2D eigenvalue weighted by Gasteiger charge is -2.36. The number of halogens is 1. The van der Waals surface area contributed by atoms with E-state index in [2.05, 4.69) is 35.4 Å². The van der Waals surface area contributed by atoms with Gasteiger partial charge >= 0.3 is 0 Å². The van der Waals surface area contributed by atoms with Gasteiger partial charge in [0.05, 0.1) is 0 Å². The lowest BCUT2D eigenvalue weighted by molar-refractivity contribution is -0.118. The average Bonchev–Trinajstić information content (AvgIpc) is 2.76. The molecule has 1 aromatic carbocycles. The van der Waals surface area contributed by atoms with E-state index >= 15 is 0 Å². The molecule has 2 N–H and O–H groups in total. The maximum atomic E-state index is 11.8. The second-order valence-corrected chi connectivity index (χ2v) is 7.26. The minimum Gasteiger partial charge on any atom is -0.352 e. The quantitative estimate of drug-likeness (QED) is 0.356. The predicted octanol–water partition coefficient (Wildman–Crippen LogP) is 2.59. The van der Waals surface area contributed by atoms with Crippen molar-refractivity contribution in [1.29, 1.82) is 0 Å². The summed E-state index contributed by atoms with van der Waals surface area (Å²) in [6.45, 7) is 7.87. The molecule has 3 rings (SSSR count). The Hall–Kier alpha value is -2.43. The Morgan fingerprint density at radius 3 is 2.30 bits per heavy atom. The Labute approximate surface area is 195 Å². The van der Waals surface area contributed by atoms with Gasteiger partial charge in [0, 0.05) is 63.8 Å². The van der Waals surface area contributed by atoms with Crippen molar-refractivity contribution >= 4 is 47.5 Å². The first-order valence-electron chi connectivity index (χ1n) is 9.94. The van der Waals surface area contributed by atoms with Gasteiger partial charge in [-0.1, -0.05) is 26.0 Å². The minimum atomic E-state index is -0.0337. The van der Waals surface area contributed by atoms with E-state index in [0.717, 1.165) is 49.3 Å². The van der Waals surface area contributed by atoms with Crippen LogP contribution in [-0.2, 0) is 11.3 Å². The van der Waals surface area contributed by atoms with Crippen molar-refractivity contribution in [3.05, 3.63) is 48.3 Å². The van der Waals surface area contributed by atoms with Crippen LogP contribution in [0.25, 0.3) is 0 Å². The maximum Gasteiger partial charge on any atom is 0.226 e. The van der Waals surface area contributed by atoms with Crippen molar-refractivity contribution in [2.24, 2.45) is 10.9 Å². The number of hydrogen-bond acceptors (Lipinski definition) is 5. The second-order valence-electron chi connectivity index (χ2n) is 7.26. The molecule has 162 valence electrons. The Bertz CT molecular complexity index is 819. The van der Waals surface area contributed by atoms with Crippen LogP contribution in [0.5, 0.6) is 0 Å². The van der Waals surface area contributed by atoms with Crippen LogP contribution < -0.4 is 15.5 Å². The summed E-state index contributed by atoms with van der Waals surface area (Å²) in [6.07, 6.45) is 3.55. The molecule has 1 aliphatic rings. The van der Waals surface area contributed by atoms with Gasteiger partial charge in [0.1, 0.15) is 0 Å². The molecule has 0 bridgehead atoms. The minimum absolute atomic E-state index is 0. The largest absolute Gasteiger partial charge is 0.352 e. The summed E-state index contributed by atoms with van der Waals surface area (Å²) in [5, 5.41) is 6.34. The Morgan fingerprint density at radius 1 is 1.10 bits per heavy atom. The summed E-state index contributed by atoms with van der Waals surface area (Å²) in [5.74, 6) is 1.65. The highest BCUT2D eigenvalue weighted by molar-refractivity contribution is 14.0. The fourth-order valence-electron chi connectivity index (χ4n) is 3.08. The van der Waals surface area contributed by atoms with E-state index in [1.54, 1.807) is 19.4 Å². The number of anilines is 2. The third-order valence-electron chi connectivity index (χ3n) is 4.82. The molecule has 0 spiro atoms. The SMILES string of the molecule is CN=C(NCc1ccc(NC(=O)C(C)C)cc1)N1CCN(c2ncccn2)CC1.I. The first kappa shape index (κ1) is 23.8. The van der Waals surface area contributed by atoms with Crippen molar-refractivity contribution in [2.75, 3.05) is 43.4 Å². The molecule has 30 heavy (non-hydrogen) atoms. The predicted molar refractivity (Wildman–Crippen MR) is 131 cm³/mol. The molecular formula is C21H30IN7O. The molecule has 2 aromatic rings. The summed E-state index contributed by atoms with van der Waals surface area (Å²) in [5.41, 5.74) is 1.95. The van der Waals surface area contributed by atoms with Crippen molar-refractivity contribution in [3.8, 4) is 0 Å². The molecule has 1 aliphatic heterocycles. The molecule has 0 radical (unpaired) electrons. The molecule has 0 saturated carbocycles. The fraction of sp³-hybridized carbons (Fsp3) is 0.429. The summed E-state index contributed by atoms with van der Waals surface area (Å²) in [6, 6.07) is 9.72. The van der Waals surface area contributed by atoms with Gasteiger partial charge < -0.3 is 20.4 Å². The summed E-state index contributed by atoms with van der Waals surface area (Å²) in [4.78, 5) is 29.3. The van der Waals surface area contributed by atoms with Crippen LogP contribution in [0.1, 0.15) is 19.4 Å². The number of carbonyl (C=O) groups is 1.